The van der Waals surface area contributed by atoms with Crippen molar-refractivity contribution in [1.29, 1.82) is 0 Å². The topological polar surface area (TPSA) is 71.8 Å². The summed E-state index contributed by atoms with van der Waals surface area (Å²) in [6.07, 6.45) is 0. The Bertz CT molecular complexity index is 342. The fraction of sp³-hybridized carbons (Fsp3) is 0.600. The van der Waals surface area contributed by atoms with Gasteiger partial charge >= 0.3 is 0 Å². The molecule has 0 amide bonds. The molecule has 0 saturated carbocycles. The van der Waals surface area contributed by atoms with Gasteiger partial charge in [-0.05, 0) is 12.8 Å². The van der Waals surface area contributed by atoms with Gasteiger partial charge in [-0.15, -0.1) is 0 Å². The van der Waals surface area contributed by atoms with Gasteiger partial charge in [-0.2, -0.15) is 5.10 Å². The largest absolute Gasteiger partial charge is 0.382 e. The number of aromatic nitrogens is 2. The number of H-pyrrole nitrogens is 1. The van der Waals surface area contributed by atoms with Crippen molar-refractivity contribution in [2.24, 2.45) is 0 Å². The molecule has 0 aliphatic heterocycles. The summed E-state index contributed by atoms with van der Waals surface area (Å²) in [5.41, 5.74) is 6.96. The van der Waals surface area contributed by atoms with E-state index < -0.39 is 0 Å². The van der Waals surface area contributed by atoms with Gasteiger partial charge in [0.2, 0.25) is 0 Å². The van der Waals surface area contributed by atoms with Crippen molar-refractivity contribution in [3.05, 3.63) is 21.5 Å². The Morgan fingerprint density at radius 2 is 1.86 bits per heavy atom. The highest BCUT2D eigenvalue weighted by Gasteiger charge is 2.10. The predicted molar refractivity (Wildman–Crippen MR) is 59.4 cm³/mol. The maximum absolute atomic E-state index is 11.1. The van der Waals surface area contributed by atoms with Crippen molar-refractivity contribution in [3.8, 4) is 0 Å². The van der Waals surface area contributed by atoms with E-state index in [9.17, 15) is 4.79 Å². The van der Waals surface area contributed by atoms with Crippen LogP contribution >= 0.6 is 0 Å². The van der Waals surface area contributed by atoms with Crippen LogP contribution in [-0.4, -0.2) is 10.2 Å². The van der Waals surface area contributed by atoms with Crippen molar-refractivity contribution in [2.45, 2.75) is 40.5 Å². The monoisotopic (exact) mass is 197 g/mol. The molecule has 80 valence electrons. The van der Waals surface area contributed by atoms with Crippen LogP contribution in [0, 0.1) is 6.92 Å². The summed E-state index contributed by atoms with van der Waals surface area (Å²) in [5, 5.41) is 6.03. The number of nitrogens with zero attached hydrogens (tertiary/aromatic N) is 1. The molecule has 4 heteroatoms. The minimum atomic E-state index is -0.159. The summed E-state index contributed by atoms with van der Waals surface area (Å²) in [4.78, 5) is 11.1. The predicted octanol–water partition coefficient (Wildman–Crippen LogP) is 1.81. The highest BCUT2D eigenvalue weighted by molar-refractivity contribution is 5.44. The van der Waals surface area contributed by atoms with Crippen LogP contribution in [0.5, 0.6) is 0 Å². The van der Waals surface area contributed by atoms with E-state index in [2.05, 4.69) is 10.2 Å². The smallest absolute Gasteiger partial charge is 0.267 e. The number of hydrogen-bond donors (Lipinski definition) is 2. The molecule has 0 atom stereocenters. The van der Waals surface area contributed by atoms with Crippen LogP contribution in [0.4, 0.5) is 5.82 Å². The minimum Gasteiger partial charge on any atom is -0.382 e. The molecule has 0 bridgehead atoms. The number of aromatic amines is 1. The lowest BCUT2D eigenvalue weighted by Crippen LogP contribution is -2.17. The van der Waals surface area contributed by atoms with Crippen LogP contribution in [0.3, 0.4) is 0 Å². The number of anilines is 1. The first-order valence-electron chi connectivity index (χ1n) is 4.88. The third-order valence-electron chi connectivity index (χ3n) is 1.88. The summed E-state index contributed by atoms with van der Waals surface area (Å²) >= 11 is 0. The van der Waals surface area contributed by atoms with Crippen LogP contribution < -0.4 is 11.3 Å². The van der Waals surface area contributed by atoms with E-state index in [1.165, 1.54) is 0 Å². The summed E-state index contributed by atoms with van der Waals surface area (Å²) in [6, 6.07) is 0. The average Bonchev–Trinajstić information content (AvgIpc) is 2.15. The Kier molecular flexibility index (Phi) is 4.91. The molecule has 3 N–H and O–H groups in total. The lowest BCUT2D eigenvalue weighted by Gasteiger charge is -2.09. The van der Waals surface area contributed by atoms with Crippen LogP contribution in [0.15, 0.2) is 4.79 Å². The molecule has 14 heavy (non-hydrogen) atoms. The van der Waals surface area contributed by atoms with Gasteiger partial charge in [-0.3, -0.25) is 4.79 Å². The van der Waals surface area contributed by atoms with Gasteiger partial charge in [-0.25, -0.2) is 5.10 Å². The van der Waals surface area contributed by atoms with Gasteiger partial charge in [0.15, 0.2) is 0 Å². The molecule has 0 spiro atoms. The summed E-state index contributed by atoms with van der Waals surface area (Å²) in [5.74, 6) is 0.655. The minimum absolute atomic E-state index is 0.159. The third kappa shape index (κ3) is 2.58. The second kappa shape index (κ2) is 5.42. The molecular formula is C10H19N3O. The van der Waals surface area contributed by atoms with Gasteiger partial charge in [0.1, 0.15) is 5.82 Å². The van der Waals surface area contributed by atoms with E-state index in [0.717, 1.165) is 5.56 Å². The molecule has 1 heterocycles. The van der Waals surface area contributed by atoms with E-state index in [4.69, 9.17) is 5.73 Å². The van der Waals surface area contributed by atoms with E-state index in [1.54, 1.807) is 6.92 Å². The fourth-order valence-electron chi connectivity index (χ4n) is 1.30. The Balaban J connectivity index is 0.000000791. The maximum atomic E-state index is 11.1. The number of rotatable bonds is 1. The van der Waals surface area contributed by atoms with Gasteiger partial charge < -0.3 is 5.73 Å². The highest BCUT2D eigenvalue weighted by atomic mass is 16.1. The molecule has 0 unspecified atom stereocenters. The van der Waals surface area contributed by atoms with E-state index in [1.807, 2.05) is 27.7 Å². The van der Waals surface area contributed by atoms with Gasteiger partial charge in [0.25, 0.3) is 5.56 Å². The molecule has 0 aliphatic carbocycles. The average molecular weight is 197 g/mol. The zero-order valence-electron chi connectivity index (χ0n) is 9.51. The normalized spacial score (nSPS) is 9.57. The quantitative estimate of drug-likeness (QED) is 0.721. The molecule has 0 saturated heterocycles. The van der Waals surface area contributed by atoms with Gasteiger partial charge in [0, 0.05) is 11.1 Å². The van der Waals surface area contributed by atoms with Gasteiger partial charge in [0.05, 0.1) is 0 Å². The number of hydrogen-bond acceptors (Lipinski definition) is 3. The standard InChI is InChI=1S/C8H13N3O.C2H6/c1-4(2)6-5(3)8(12)11-10-7(6)9;1-2/h4H,1-3H3,(H2,9,10)(H,11,12);1-2H3. The molecule has 0 aromatic carbocycles. The number of nitrogen functional groups attached to an aromatic ring is 1. The second-order valence-electron chi connectivity index (χ2n) is 3.13. The third-order valence-corrected chi connectivity index (χ3v) is 1.88. The molecule has 0 aliphatic rings. The molecule has 0 fully saturated rings. The van der Waals surface area contributed by atoms with Crippen LogP contribution in [0.2, 0.25) is 0 Å². The van der Waals surface area contributed by atoms with Gasteiger partial charge in [-0.1, -0.05) is 27.7 Å². The van der Waals surface area contributed by atoms with Crippen molar-refractivity contribution in [1.82, 2.24) is 10.2 Å². The Labute approximate surface area is 84.5 Å². The summed E-state index contributed by atoms with van der Waals surface area (Å²) in [7, 11) is 0. The fourth-order valence-corrected chi connectivity index (χ4v) is 1.30. The van der Waals surface area contributed by atoms with Crippen molar-refractivity contribution < 1.29 is 0 Å². The Morgan fingerprint density at radius 1 is 1.36 bits per heavy atom. The Morgan fingerprint density at radius 3 is 2.21 bits per heavy atom. The Hall–Kier alpha value is -1.32. The zero-order chi connectivity index (χ0) is 11.3. The first-order valence-corrected chi connectivity index (χ1v) is 4.88. The zero-order valence-corrected chi connectivity index (χ0v) is 9.51. The van der Waals surface area contributed by atoms with Crippen LogP contribution in [0.25, 0.3) is 0 Å². The first-order chi connectivity index (χ1) is 6.54. The van der Waals surface area contributed by atoms with Crippen LogP contribution in [-0.2, 0) is 0 Å². The van der Waals surface area contributed by atoms with Crippen LogP contribution in [0.1, 0.15) is 44.7 Å². The van der Waals surface area contributed by atoms with E-state index in [-0.39, 0.29) is 11.5 Å². The van der Waals surface area contributed by atoms with E-state index in [0.29, 0.717) is 11.4 Å². The SMILES string of the molecule is CC.Cc1c(C(C)C)c(N)n[nH]c1=O. The number of nitrogens with two attached hydrogens (primary N) is 1. The first kappa shape index (κ1) is 12.7. The molecule has 0 radical (unpaired) electrons. The maximum Gasteiger partial charge on any atom is 0.267 e. The molecule has 1 aromatic heterocycles. The van der Waals surface area contributed by atoms with Crippen molar-refractivity contribution in [3.63, 3.8) is 0 Å². The molecular weight excluding hydrogens is 178 g/mol. The van der Waals surface area contributed by atoms with Crippen molar-refractivity contribution >= 4 is 5.82 Å². The summed E-state index contributed by atoms with van der Waals surface area (Å²) in [6.45, 7) is 9.73. The second-order valence-corrected chi connectivity index (χ2v) is 3.13. The summed E-state index contributed by atoms with van der Waals surface area (Å²) < 4.78 is 0. The lowest BCUT2D eigenvalue weighted by atomic mass is 10.0. The molecule has 1 aromatic rings. The lowest BCUT2D eigenvalue weighted by molar-refractivity contribution is 0.825. The number of nitrogens with one attached hydrogen (secondary N) is 1. The highest BCUT2D eigenvalue weighted by Crippen LogP contribution is 2.19. The molecule has 1 rings (SSSR count). The van der Waals surface area contributed by atoms with E-state index >= 15 is 0 Å². The van der Waals surface area contributed by atoms with Crippen molar-refractivity contribution in [2.75, 3.05) is 5.73 Å². The molecule has 4 nitrogen and oxygen atoms in total.